The molecule has 0 unspecified atom stereocenters. The summed E-state index contributed by atoms with van der Waals surface area (Å²) in [6.45, 7) is 4.88. The molecule has 0 N–H and O–H groups in total. The van der Waals surface area contributed by atoms with Crippen molar-refractivity contribution in [3.8, 4) is 11.4 Å². The number of hydrogen-bond acceptors (Lipinski definition) is 5. The van der Waals surface area contributed by atoms with Crippen LogP contribution in [0.2, 0.25) is 0 Å². The number of imidazole rings is 1. The molecule has 5 nitrogen and oxygen atoms in total. The first-order chi connectivity index (χ1) is 14.6. The van der Waals surface area contributed by atoms with Crippen LogP contribution in [0.15, 0.2) is 47.6 Å². The van der Waals surface area contributed by atoms with Gasteiger partial charge in [-0.25, -0.2) is 4.98 Å². The third kappa shape index (κ3) is 5.57. The summed E-state index contributed by atoms with van der Waals surface area (Å²) in [6.07, 6.45) is 4.20. The monoisotopic (exact) mass is 426 g/mol. The second kappa shape index (κ2) is 11.1. The van der Waals surface area contributed by atoms with Gasteiger partial charge in [-0.2, -0.15) is 0 Å². The second-order valence-electron chi connectivity index (χ2n) is 7.27. The molecule has 0 aliphatic heterocycles. The minimum atomic E-state index is -0.153. The Hall–Kier alpha value is -2.47. The van der Waals surface area contributed by atoms with Crippen LogP contribution >= 0.6 is 11.8 Å². The van der Waals surface area contributed by atoms with Gasteiger partial charge in [-0.1, -0.05) is 42.4 Å². The normalized spacial score (nSPS) is 11.0. The Kier molecular flexibility index (Phi) is 8.20. The number of esters is 1. The van der Waals surface area contributed by atoms with Crippen LogP contribution in [0.4, 0.5) is 0 Å². The first-order valence-electron chi connectivity index (χ1n) is 10.5. The lowest BCUT2D eigenvalue weighted by atomic mass is 10.2. The minimum absolute atomic E-state index is 0.153. The summed E-state index contributed by atoms with van der Waals surface area (Å²) in [4.78, 5) is 16.1. The van der Waals surface area contributed by atoms with Gasteiger partial charge in [0.25, 0.3) is 0 Å². The van der Waals surface area contributed by atoms with Crippen molar-refractivity contribution in [3.63, 3.8) is 0 Å². The summed E-state index contributed by atoms with van der Waals surface area (Å²) in [6, 6.07) is 14.6. The lowest BCUT2D eigenvalue weighted by molar-refractivity contribution is -0.140. The maximum Gasteiger partial charge on any atom is 0.305 e. The van der Waals surface area contributed by atoms with Crippen molar-refractivity contribution in [3.05, 3.63) is 48.0 Å². The molecule has 1 heterocycles. The van der Waals surface area contributed by atoms with Crippen LogP contribution in [0.5, 0.6) is 5.75 Å². The summed E-state index contributed by atoms with van der Waals surface area (Å²) in [5, 5.41) is 0.991. The smallest absolute Gasteiger partial charge is 0.305 e. The zero-order chi connectivity index (χ0) is 21.3. The standard InChI is InChI=1S/C24H30N2O3S/c1-4-17-30-24-25-23-20(26(24)19-14-12-18(2)13-15-19)9-8-10-21(23)29-16-7-5-6-11-22(27)28-3/h8-10,12-15H,4-7,11,16-17H2,1-3H3. The van der Waals surface area contributed by atoms with E-state index < -0.39 is 0 Å². The minimum Gasteiger partial charge on any atom is -0.491 e. The first kappa shape index (κ1) is 22.2. The van der Waals surface area contributed by atoms with Crippen molar-refractivity contribution >= 4 is 28.8 Å². The third-order valence-electron chi connectivity index (χ3n) is 4.86. The van der Waals surface area contributed by atoms with Gasteiger partial charge in [0.15, 0.2) is 5.16 Å². The Morgan fingerprint density at radius 2 is 1.90 bits per heavy atom. The van der Waals surface area contributed by atoms with E-state index >= 15 is 0 Å². The van der Waals surface area contributed by atoms with Crippen LogP contribution in [-0.2, 0) is 9.53 Å². The van der Waals surface area contributed by atoms with E-state index in [9.17, 15) is 4.79 Å². The molecule has 3 aromatic rings. The van der Waals surface area contributed by atoms with Crippen LogP contribution in [0.1, 0.15) is 44.6 Å². The average Bonchev–Trinajstić information content (AvgIpc) is 3.14. The SMILES string of the molecule is CCCSc1nc2c(OCCCCCC(=O)OC)cccc2n1-c1ccc(C)cc1. The zero-order valence-electron chi connectivity index (χ0n) is 18.0. The maximum atomic E-state index is 11.2. The van der Waals surface area contributed by atoms with Gasteiger partial charge in [0.1, 0.15) is 11.3 Å². The molecule has 0 saturated carbocycles. The van der Waals surface area contributed by atoms with Crippen molar-refractivity contribution in [1.29, 1.82) is 0 Å². The van der Waals surface area contributed by atoms with Crippen LogP contribution < -0.4 is 4.74 Å². The fourth-order valence-electron chi connectivity index (χ4n) is 3.23. The zero-order valence-corrected chi connectivity index (χ0v) is 18.8. The molecule has 0 saturated heterocycles. The number of aryl methyl sites for hydroxylation is 1. The van der Waals surface area contributed by atoms with Crippen LogP contribution in [0.25, 0.3) is 16.7 Å². The number of ether oxygens (including phenoxy) is 2. The van der Waals surface area contributed by atoms with Gasteiger partial charge in [-0.05, 0) is 56.9 Å². The van der Waals surface area contributed by atoms with E-state index in [4.69, 9.17) is 9.72 Å². The molecule has 0 amide bonds. The number of unbranched alkanes of at least 4 members (excludes halogenated alkanes) is 2. The Labute approximate surface area is 182 Å². The number of para-hydroxylation sites is 1. The summed E-state index contributed by atoms with van der Waals surface area (Å²) in [5.74, 6) is 1.68. The Balaban J connectivity index is 1.78. The number of nitrogens with zero attached hydrogens (tertiary/aromatic N) is 2. The Morgan fingerprint density at radius 1 is 1.10 bits per heavy atom. The quantitative estimate of drug-likeness (QED) is 0.215. The van der Waals surface area contributed by atoms with E-state index in [0.717, 1.165) is 59.1 Å². The molecule has 0 aliphatic carbocycles. The molecule has 0 radical (unpaired) electrons. The number of carbonyl (C=O) groups excluding carboxylic acids is 1. The van der Waals surface area contributed by atoms with Gasteiger partial charge in [-0.3, -0.25) is 9.36 Å². The van der Waals surface area contributed by atoms with E-state index in [1.54, 1.807) is 11.8 Å². The Bertz CT molecular complexity index is 966. The summed E-state index contributed by atoms with van der Waals surface area (Å²) >= 11 is 1.77. The van der Waals surface area contributed by atoms with Crippen LogP contribution in [0, 0.1) is 6.92 Å². The van der Waals surface area contributed by atoms with Gasteiger partial charge >= 0.3 is 5.97 Å². The number of methoxy groups -OCH3 is 1. The number of rotatable bonds is 11. The second-order valence-corrected chi connectivity index (χ2v) is 8.34. The molecular weight excluding hydrogens is 396 g/mol. The fourth-order valence-corrected chi connectivity index (χ4v) is 4.11. The molecule has 0 spiro atoms. The molecule has 0 aliphatic rings. The average molecular weight is 427 g/mol. The van der Waals surface area contributed by atoms with Crippen molar-refractivity contribution in [1.82, 2.24) is 9.55 Å². The van der Waals surface area contributed by atoms with E-state index in [1.807, 2.05) is 12.1 Å². The fraction of sp³-hybridized carbons (Fsp3) is 0.417. The van der Waals surface area contributed by atoms with Crippen molar-refractivity contribution < 1.29 is 14.3 Å². The van der Waals surface area contributed by atoms with Gasteiger partial charge < -0.3 is 9.47 Å². The number of benzene rings is 2. The highest BCUT2D eigenvalue weighted by Gasteiger charge is 2.16. The molecule has 0 atom stereocenters. The maximum absolute atomic E-state index is 11.2. The number of aromatic nitrogens is 2. The Morgan fingerprint density at radius 3 is 2.63 bits per heavy atom. The number of hydrogen-bond donors (Lipinski definition) is 0. The lowest BCUT2D eigenvalue weighted by Gasteiger charge is -2.10. The largest absolute Gasteiger partial charge is 0.491 e. The molecule has 0 fully saturated rings. The predicted octanol–water partition coefficient (Wildman–Crippen LogP) is 5.95. The molecule has 1 aromatic heterocycles. The summed E-state index contributed by atoms with van der Waals surface area (Å²) < 4.78 is 13.0. The molecular formula is C24H30N2O3S. The van der Waals surface area contributed by atoms with Gasteiger partial charge in [-0.15, -0.1) is 0 Å². The van der Waals surface area contributed by atoms with Crippen molar-refractivity contribution in [2.24, 2.45) is 0 Å². The first-order valence-corrected chi connectivity index (χ1v) is 11.5. The molecule has 3 rings (SSSR count). The highest BCUT2D eigenvalue weighted by molar-refractivity contribution is 7.99. The third-order valence-corrected chi connectivity index (χ3v) is 6.00. The van der Waals surface area contributed by atoms with Gasteiger partial charge in [0.05, 0.1) is 19.2 Å². The van der Waals surface area contributed by atoms with Gasteiger partial charge in [0, 0.05) is 17.9 Å². The molecule has 0 bridgehead atoms. The van der Waals surface area contributed by atoms with Gasteiger partial charge in [0.2, 0.25) is 0 Å². The van der Waals surface area contributed by atoms with Crippen LogP contribution in [0.3, 0.4) is 0 Å². The lowest BCUT2D eigenvalue weighted by Crippen LogP contribution is -2.01. The van der Waals surface area contributed by atoms with E-state index in [2.05, 4.69) is 53.5 Å². The molecule has 6 heteroatoms. The van der Waals surface area contributed by atoms with Crippen LogP contribution in [-0.4, -0.2) is 35.0 Å². The van der Waals surface area contributed by atoms with Crippen molar-refractivity contribution in [2.75, 3.05) is 19.5 Å². The topological polar surface area (TPSA) is 53.4 Å². The molecule has 30 heavy (non-hydrogen) atoms. The highest BCUT2D eigenvalue weighted by Crippen LogP contribution is 2.33. The number of thioether (sulfide) groups is 1. The number of carbonyl (C=O) groups is 1. The summed E-state index contributed by atoms with van der Waals surface area (Å²) in [5.41, 5.74) is 4.30. The summed E-state index contributed by atoms with van der Waals surface area (Å²) in [7, 11) is 1.43. The van der Waals surface area contributed by atoms with E-state index in [-0.39, 0.29) is 5.97 Å². The van der Waals surface area contributed by atoms with E-state index in [0.29, 0.717) is 13.0 Å². The molecule has 160 valence electrons. The van der Waals surface area contributed by atoms with E-state index in [1.165, 1.54) is 12.7 Å². The van der Waals surface area contributed by atoms with Crippen molar-refractivity contribution in [2.45, 2.75) is 51.1 Å². The highest BCUT2D eigenvalue weighted by atomic mass is 32.2. The number of fused-ring (bicyclic) bond motifs is 1. The molecule has 2 aromatic carbocycles. The predicted molar refractivity (Wildman–Crippen MR) is 123 cm³/mol.